The molecule has 0 fully saturated rings. The standard InChI is InChI=1S/C31H30N4O6S/c1-23-9-8-10-25(19-23)35(42(38,39)27-11-4-3-5-12-27)21-30(36)34-32-20-24-15-17-26(18-16-24)41-22-31(37)33-28-13-6-7-14-29(28)40-2/h3-20H,21-22H2,1-2H3,(H,33,37)(H,34,36)/b32-20-. The van der Waals surface area contributed by atoms with Crippen LogP contribution in [-0.4, -0.2) is 46.7 Å². The first-order valence-electron chi connectivity index (χ1n) is 12.9. The largest absolute Gasteiger partial charge is 0.495 e. The number of nitrogens with zero attached hydrogens (tertiary/aromatic N) is 2. The van der Waals surface area contributed by atoms with E-state index in [2.05, 4.69) is 15.8 Å². The molecule has 0 aliphatic rings. The summed E-state index contributed by atoms with van der Waals surface area (Å²) in [6.07, 6.45) is 1.42. The van der Waals surface area contributed by atoms with Crippen molar-refractivity contribution >= 4 is 39.4 Å². The molecule has 0 spiro atoms. The highest BCUT2D eigenvalue weighted by Gasteiger charge is 2.27. The molecular weight excluding hydrogens is 556 g/mol. The molecule has 0 bridgehead atoms. The van der Waals surface area contributed by atoms with Crippen LogP contribution >= 0.6 is 0 Å². The summed E-state index contributed by atoms with van der Waals surface area (Å²) in [5.41, 5.74) is 4.79. The van der Waals surface area contributed by atoms with E-state index >= 15 is 0 Å². The van der Waals surface area contributed by atoms with Gasteiger partial charge in [-0.3, -0.25) is 13.9 Å². The number of methoxy groups -OCH3 is 1. The predicted molar refractivity (Wildman–Crippen MR) is 161 cm³/mol. The molecule has 0 aliphatic carbocycles. The molecule has 11 heteroatoms. The molecule has 0 heterocycles. The average Bonchev–Trinajstić information content (AvgIpc) is 3.00. The maximum absolute atomic E-state index is 13.4. The minimum absolute atomic E-state index is 0.0717. The Labute approximate surface area is 244 Å². The highest BCUT2D eigenvalue weighted by Crippen LogP contribution is 2.25. The number of hydrazone groups is 1. The number of amides is 2. The first-order valence-corrected chi connectivity index (χ1v) is 14.3. The van der Waals surface area contributed by atoms with Crippen molar-refractivity contribution in [2.45, 2.75) is 11.8 Å². The summed E-state index contributed by atoms with van der Waals surface area (Å²) < 4.78 is 38.6. The first-order chi connectivity index (χ1) is 20.3. The van der Waals surface area contributed by atoms with Gasteiger partial charge in [0.15, 0.2) is 6.61 Å². The number of para-hydroxylation sites is 2. The molecule has 0 aliphatic heterocycles. The van der Waals surface area contributed by atoms with Gasteiger partial charge >= 0.3 is 0 Å². The normalized spacial score (nSPS) is 11.1. The lowest BCUT2D eigenvalue weighted by molar-refractivity contribution is -0.119. The molecule has 10 nitrogen and oxygen atoms in total. The van der Waals surface area contributed by atoms with Crippen molar-refractivity contribution in [1.29, 1.82) is 0 Å². The number of carbonyl (C=O) groups excluding carboxylic acids is 2. The molecule has 0 saturated carbocycles. The van der Waals surface area contributed by atoms with E-state index in [0.29, 0.717) is 28.4 Å². The highest BCUT2D eigenvalue weighted by molar-refractivity contribution is 7.92. The summed E-state index contributed by atoms with van der Waals surface area (Å²) in [5, 5.41) is 6.70. The van der Waals surface area contributed by atoms with Crippen LogP contribution < -0.4 is 24.5 Å². The van der Waals surface area contributed by atoms with Crippen LogP contribution in [0, 0.1) is 6.92 Å². The second kappa shape index (κ2) is 14.0. The predicted octanol–water partition coefficient (Wildman–Crippen LogP) is 4.37. The minimum atomic E-state index is -4.01. The third-order valence-electron chi connectivity index (χ3n) is 5.94. The van der Waals surface area contributed by atoms with Crippen LogP contribution in [0.25, 0.3) is 0 Å². The second-order valence-electron chi connectivity index (χ2n) is 9.06. The van der Waals surface area contributed by atoms with Crippen LogP contribution in [0.4, 0.5) is 11.4 Å². The summed E-state index contributed by atoms with van der Waals surface area (Å²) >= 11 is 0. The molecule has 4 aromatic carbocycles. The molecule has 0 saturated heterocycles. The number of ether oxygens (including phenoxy) is 2. The molecule has 0 radical (unpaired) electrons. The third kappa shape index (κ3) is 7.95. The van der Waals surface area contributed by atoms with E-state index in [1.807, 2.05) is 13.0 Å². The summed E-state index contributed by atoms with van der Waals surface area (Å²) in [5.74, 6) is 0.0451. The summed E-state index contributed by atoms with van der Waals surface area (Å²) in [6, 6.07) is 28.6. The monoisotopic (exact) mass is 586 g/mol. The fourth-order valence-electron chi connectivity index (χ4n) is 3.90. The first kappa shape index (κ1) is 29.8. The van der Waals surface area contributed by atoms with Crippen molar-refractivity contribution in [2.24, 2.45) is 5.10 Å². The maximum Gasteiger partial charge on any atom is 0.264 e. The highest BCUT2D eigenvalue weighted by atomic mass is 32.2. The van der Waals surface area contributed by atoms with Crippen LogP contribution in [0.5, 0.6) is 11.5 Å². The van der Waals surface area contributed by atoms with Crippen molar-refractivity contribution in [3.05, 3.63) is 114 Å². The van der Waals surface area contributed by atoms with Gasteiger partial charge < -0.3 is 14.8 Å². The molecule has 4 rings (SSSR count). The molecule has 0 aromatic heterocycles. The third-order valence-corrected chi connectivity index (χ3v) is 7.73. The smallest absolute Gasteiger partial charge is 0.264 e. The van der Waals surface area contributed by atoms with Crippen molar-refractivity contribution < 1.29 is 27.5 Å². The Morgan fingerprint density at radius 2 is 1.60 bits per heavy atom. The molecule has 216 valence electrons. The number of hydrogen-bond acceptors (Lipinski definition) is 7. The van der Waals surface area contributed by atoms with Gasteiger partial charge in [0.2, 0.25) is 0 Å². The molecule has 0 unspecified atom stereocenters. The Hall–Kier alpha value is -5.16. The van der Waals surface area contributed by atoms with Crippen LogP contribution in [0.15, 0.2) is 113 Å². The molecule has 4 aromatic rings. The number of hydrogen-bond donors (Lipinski definition) is 2. The molecule has 2 amide bonds. The van der Waals surface area contributed by atoms with Crippen LogP contribution in [-0.2, 0) is 19.6 Å². The van der Waals surface area contributed by atoms with E-state index in [-0.39, 0.29) is 17.4 Å². The number of nitrogens with one attached hydrogen (secondary N) is 2. The lowest BCUT2D eigenvalue weighted by Gasteiger charge is -2.24. The lowest BCUT2D eigenvalue weighted by Crippen LogP contribution is -2.39. The number of aryl methyl sites for hydroxylation is 1. The SMILES string of the molecule is COc1ccccc1NC(=O)COc1ccc(/C=N\NC(=O)CN(c2cccc(C)c2)S(=O)(=O)c2ccccc2)cc1. The van der Waals surface area contributed by atoms with Gasteiger partial charge in [0.25, 0.3) is 21.8 Å². The topological polar surface area (TPSA) is 126 Å². The number of anilines is 2. The van der Waals surface area contributed by atoms with Crippen molar-refractivity contribution in [3.8, 4) is 11.5 Å². The summed E-state index contributed by atoms with van der Waals surface area (Å²) in [7, 11) is -2.49. The molecular formula is C31H30N4O6S. The Bertz CT molecular complexity index is 1660. The Balaban J connectivity index is 1.34. The van der Waals surface area contributed by atoms with E-state index in [4.69, 9.17) is 9.47 Å². The minimum Gasteiger partial charge on any atom is -0.495 e. The Morgan fingerprint density at radius 1 is 0.881 bits per heavy atom. The molecule has 2 N–H and O–H groups in total. The van der Waals surface area contributed by atoms with Gasteiger partial charge in [-0.25, -0.2) is 13.8 Å². The Morgan fingerprint density at radius 3 is 2.31 bits per heavy atom. The van der Waals surface area contributed by atoms with Gasteiger partial charge in [0, 0.05) is 0 Å². The number of sulfonamides is 1. The van der Waals surface area contributed by atoms with Gasteiger partial charge in [-0.15, -0.1) is 0 Å². The van der Waals surface area contributed by atoms with Crippen molar-refractivity contribution in [2.75, 3.05) is 29.9 Å². The van der Waals surface area contributed by atoms with Gasteiger partial charge in [0.1, 0.15) is 18.0 Å². The Kier molecular flexibility index (Phi) is 9.90. The summed E-state index contributed by atoms with van der Waals surface area (Å²) in [6.45, 7) is 1.17. The van der Waals surface area contributed by atoms with Crippen LogP contribution in [0.1, 0.15) is 11.1 Å². The summed E-state index contributed by atoms with van der Waals surface area (Å²) in [4.78, 5) is 25.1. The fraction of sp³-hybridized carbons (Fsp3) is 0.129. The zero-order chi connectivity index (χ0) is 30.0. The van der Waals surface area contributed by atoms with Gasteiger partial charge in [-0.2, -0.15) is 5.10 Å². The average molecular weight is 587 g/mol. The molecule has 0 atom stereocenters. The van der Waals surface area contributed by atoms with Gasteiger partial charge in [-0.05, 0) is 78.7 Å². The maximum atomic E-state index is 13.4. The van der Waals surface area contributed by atoms with E-state index in [9.17, 15) is 18.0 Å². The van der Waals surface area contributed by atoms with E-state index in [1.54, 1.807) is 84.9 Å². The lowest BCUT2D eigenvalue weighted by atomic mass is 10.2. The van der Waals surface area contributed by atoms with Crippen molar-refractivity contribution in [3.63, 3.8) is 0 Å². The van der Waals surface area contributed by atoms with E-state index in [1.165, 1.54) is 25.5 Å². The van der Waals surface area contributed by atoms with Crippen LogP contribution in [0.3, 0.4) is 0 Å². The number of carbonyl (C=O) groups is 2. The zero-order valence-electron chi connectivity index (χ0n) is 23.1. The second-order valence-corrected chi connectivity index (χ2v) is 10.9. The quantitative estimate of drug-likeness (QED) is 0.188. The van der Waals surface area contributed by atoms with Crippen molar-refractivity contribution in [1.82, 2.24) is 5.43 Å². The zero-order valence-corrected chi connectivity index (χ0v) is 23.9. The number of benzene rings is 4. The van der Waals surface area contributed by atoms with Gasteiger partial charge in [0.05, 0.1) is 29.6 Å². The van der Waals surface area contributed by atoms with Gasteiger partial charge in [-0.1, -0.05) is 42.5 Å². The van der Waals surface area contributed by atoms with E-state index < -0.39 is 22.5 Å². The number of rotatable bonds is 12. The van der Waals surface area contributed by atoms with E-state index in [0.717, 1.165) is 9.87 Å². The van der Waals surface area contributed by atoms with Crippen LogP contribution in [0.2, 0.25) is 0 Å². The fourth-order valence-corrected chi connectivity index (χ4v) is 5.33. The molecule has 42 heavy (non-hydrogen) atoms.